The summed E-state index contributed by atoms with van der Waals surface area (Å²) in [6.45, 7) is 9.15. The van der Waals surface area contributed by atoms with Crippen molar-refractivity contribution in [3.63, 3.8) is 0 Å². The molecule has 0 spiro atoms. The maximum Gasteiger partial charge on any atom is 0.323 e. The Morgan fingerprint density at radius 1 is 1.24 bits per heavy atom. The number of urea groups is 1. The smallest absolute Gasteiger partial charge is 0.323 e. The SMILES string of the molecule is CCCc1ccc(OC)c(-c2csc(NC(=O)N3CCN(CC4CCCN(C)C4)CC3)n2)c1. The van der Waals surface area contributed by atoms with Crippen LogP contribution in [0.25, 0.3) is 11.3 Å². The number of piperazine rings is 1. The van der Waals surface area contributed by atoms with Crippen LogP contribution < -0.4 is 10.1 Å². The van der Waals surface area contributed by atoms with E-state index in [0.29, 0.717) is 5.13 Å². The van der Waals surface area contributed by atoms with Crippen molar-refractivity contribution in [1.29, 1.82) is 0 Å². The number of likely N-dealkylation sites (tertiary alicyclic amines) is 1. The lowest BCUT2D eigenvalue weighted by Crippen LogP contribution is -2.51. The molecule has 2 amide bonds. The van der Waals surface area contributed by atoms with Gasteiger partial charge in [-0.2, -0.15) is 0 Å². The summed E-state index contributed by atoms with van der Waals surface area (Å²) in [6.07, 6.45) is 4.74. The summed E-state index contributed by atoms with van der Waals surface area (Å²) in [5, 5.41) is 5.63. The highest BCUT2D eigenvalue weighted by atomic mass is 32.1. The van der Waals surface area contributed by atoms with Crippen LogP contribution in [0.1, 0.15) is 31.7 Å². The summed E-state index contributed by atoms with van der Waals surface area (Å²) < 4.78 is 5.55. The Bertz CT molecular complexity index is 925. The lowest BCUT2D eigenvalue weighted by molar-refractivity contribution is 0.109. The van der Waals surface area contributed by atoms with Crippen LogP contribution in [0, 0.1) is 5.92 Å². The molecule has 0 radical (unpaired) electrons. The molecule has 8 heteroatoms. The van der Waals surface area contributed by atoms with E-state index < -0.39 is 0 Å². The van der Waals surface area contributed by atoms with Crippen molar-refractivity contribution in [2.45, 2.75) is 32.6 Å². The number of piperidine rings is 1. The Labute approximate surface area is 201 Å². The van der Waals surface area contributed by atoms with Crippen LogP contribution >= 0.6 is 11.3 Å². The molecule has 2 aliphatic rings. The van der Waals surface area contributed by atoms with Crippen molar-refractivity contribution >= 4 is 22.5 Å². The van der Waals surface area contributed by atoms with Gasteiger partial charge in [0.2, 0.25) is 0 Å². The second-order valence-electron chi connectivity index (χ2n) is 9.31. The fraction of sp³-hybridized carbons (Fsp3) is 0.600. The van der Waals surface area contributed by atoms with Crippen LogP contribution in [0.2, 0.25) is 0 Å². The summed E-state index contributed by atoms with van der Waals surface area (Å²) in [5.74, 6) is 1.56. The van der Waals surface area contributed by atoms with E-state index in [2.05, 4.69) is 46.2 Å². The highest BCUT2D eigenvalue weighted by Crippen LogP contribution is 2.33. The minimum atomic E-state index is -0.0559. The molecule has 1 atom stereocenters. The van der Waals surface area contributed by atoms with Gasteiger partial charge in [-0.15, -0.1) is 11.3 Å². The molecule has 33 heavy (non-hydrogen) atoms. The van der Waals surface area contributed by atoms with Gasteiger partial charge in [-0.3, -0.25) is 10.2 Å². The van der Waals surface area contributed by atoms with Gasteiger partial charge in [0.05, 0.1) is 12.8 Å². The first kappa shape index (κ1) is 24.0. The number of amides is 2. The molecule has 180 valence electrons. The van der Waals surface area contributed by atoms with E-state index in [1.54, 1.807) is 7.11 Å². The topological polar surface area (TPSA) is 60.9 Å². The molecule has 1 unspecified atom stereocenters. The summed E-state index contributed by atoms with van der Waals surface area (Å²) in [4.78, 5) is 24.4. The molecule has 1 aromatic heterocycles. The summed E-state index contributed by atoms with van der Waals surface area (Å²) in [5.41, 5.74) is 3.08. The summed E-state index contributed by atoms with van der Waals surface area (Å²) in [7, 11) is 3.90. The monoisotopic (exact) mass is 471 g/mol. The van der Waals surface area contributed by atoms with Gasteiger partial charge in [0.15, 0.2) is 5.13 Å². The Kier molecular flexibility index (Phi) is 8.22. The zero-order chi connectivity index (χ0) is 23.2. The molecule has 1 aromatic carbocycles. The van der Waals surface area contributed by atoms with Crippen molar-refractivity contribution in [2.24, 2.45) is 5.92 Å². The Morgan fingerprint density at radius 3 is 2.79 bits per heavy atom. The third-order valence-electron chi connectivity index (χ3n) is 6.69. The second kappa shape index (κ2) is 11.3. The Hall–Kier alpha value is -2.16. The van der Waals surface area contributed by atoms with E-state index in [1.807, 2.05) is 16.3 Å². The standard InChI is InChI=1S/C25H37N5O2S/c1-4-6-19-8-9-23(32-3)21(15-19)22-18-33-24(26-22)27-25(31)30-13-11-29(12-14-30)17-20-7-5-10-28(2)16-20/h8-9,15,18,20H,4-7,10-14,16-17H2,1-3H3,(H,26,27,31). The normalized spacial score (nSPS) is 20.1. The number of hydrogen-bond donors (Lipinski definition) is 1. The zero-order valence-corrected chi connectivity index (χ0v) is 21.0. The van der Waals surface area contributed by atoms with Gasteiger partial charge in [-0.05, 0) is 56.5 Å². The molecule has 7 nitrogen and oxygen atoms in total. The quantitative estimate of drug-likeness (QED) is 0.654. The summed E-state index contributed by atoms with van der Waals surface area (Å²) >= 11 is 1.46. The van der Waals surface area contributed by atoms with Crippen molar-refractivity contribution in [3.8, 4) is 17.0 Å². The summed E-state index contributed by atoms with van der Waals surface area (Å²) in [6, 6.07) is 6.20. The first-order valence-electron chi connectivity index (χ1n) is 12.2. The maximum atomic E-state index is 12.8. The first-order chi connectivity index (χ1) is 16.1. The van der Waals surface area contributed by atoms with E-state index in [-0.39, 0.29) is 6.03 Å². The molecule has 0 aliphatic carbocycles. The van der Waals surface area contributed by atoms with Gasteiger partial charge in [0, 0.05) is 50.2 Å². The van der Waals surface area contributed by atoms with E-state index in [9.17, 15) is 4.79 Å². The van der Waals surface area contributed by atoms with Crippen LogP contribution in [-0.2, 0) is 6.42 Å². The fourth-order valence-corrected chi connectivity index (χ4v) is 5.65. The van der Waals surface area contributed by atoms with Gasteiger partial charge in [-0.25, -0.2) is 9.78 Å². The van der Waals surface area contributed by atoms with E-state index >= 15 is 0 Å². The number of rotatable bonds is 7. The number of nitrogens with one attached hydrogen (secondary N) is 1. The van der Waals surface area contributed by atoms with Gasteiger partial charge in [-0.1, -0.05) is 19.4 Å². The molecular formula is C25H37N5O2S. The number of benzene rings is 1. The van der Waals surface area contributed by atoms with E-state index in [4.69, 9.17) is 4.74 Å². The molecule has 2 fully saturated rings. The molecule has 2 aromatic rings. The van der Waals surface area contributed by atoms with Gasteiger partial charge >= 0.3 is 6.03 Å². The number of aromatic nitrogens is 1. The zero-order valence-electron chi connectivity index (χ0n) is 20.2. The van der Waals surface area contributed by atoms with Crippen LogP contribution in [0.5, 0.6) is 5.75 Å². The number of methoxy groups -OCH3 is 1. The van der Waals surface area contributed by atoms with Crippen LogP contribution in [0.3, 0.4) is 0 Å². The predicted molar refractivity (Wildman–Crippen MR) is 135 cm³/mol. The van der Waals surface area contributed by atoms with Crippen molar-refractivity contribution in [1.82, 2.24) is 19.7 Å². The minimum Gasteiger partial charge on any atom is -0.496 e. The third kappa shape index (κ3) is 6.25. The van der Waals surface area contributed by atoms with Gasteiger partial charge in [0.1, 0.15) is 5.75 Å². The number of aryl methyl sites for hydroxylation is 1. The van der Waals surface area contributed by atoms with Gasteiger partial charge in [0.25, 0.3) is 0 Å². The number of hydrogen-bond acceptors (Lipinski definition) is 6. The molecule has 1 N–H and O–H groups in total. The molecule has 0 bridgehead atoms. The van der Waals surface area contributed by atoms with E-state index in [1.165, 1.54) is 42.8 Å². The van der Waals surface area contributed by atoms with Crippen molar-refractivity contribution in [2.75, 3.05) is 65.3 Å². The molecular weight excluding hydrogens is 434 g/mol. The molecule has 4 rings (SSSR count). The highest BCUT2D eigenvalue weighted by Gasteiger charge is 2.25. The lowest BCUT2D eigenvalue weighted by Gasteiger charge is -2.38. The molecule has 2 saturated heterocycles. The Balaban J connectivity index is 1.31. The largest absolute Gasteiger partial charge is 0.496 e. The fourth-order valence-electron chi connectivity index (χ4n) is 4.95. The average molecular weight is 472 g/mol. The number of nitrogens with zero attached hydrogens (tertiary/aromatic N) is 4. The first-order valence-corrected chi connectivity index (χ1v) is 13.0. The average Bonchev–Trinajstić information content (AvgIpc) is 3.28. The molecule has 3 heterocycles. The van der Waals surface area contributed by atoms with Crippen LogP contribution in [0.15, 0.2) is 23.6 Å². The number of anilines is 1. The number of carbonyl (C=O) groups excluding carboxylic acids is 1. The van der Waals surface area contributed by atoms with Crippen molar-refractivity contribution < 1.29 is 9.53 Å². The molecule has 0 saturated carbocycles. The number of thiazole rings is 1. The Morgan fingerprint density at radius 2 is 2.06 bits per heavy atom. The second-order valence-corrected chi connectivity index (χ2v) is 10.2. The number of ether oxygens (including phenoxy) is 1. The molecule has 2 aliphatic heterocycles. The number of carbonyl (C=O) groups is 1. The maximum absolute atomic E-state index is 12.8. The van der Waals surface area contributed by atoms with Crippen LogP contribution in [-0.4, -0.2) is 85.7 Å². The highest BCUT2D eigenvalue weighted by molar-refractivity contribution is 7.14. The van der Waals surface area contributed by atoms with Crippen molar-refractivity contribution in [3.05, 3.63) is 29.1 Å². The van der Waals surface area contributed by atoms with Crippen LogP contribution in [0.4, 0.5) is 9.93 Å². The van der Waals surface area contributed by atoms with Gasteiger partial charge < -0.3 is 14.5 Å². The minimum absolute atomic E-state index is 0.0559. The third-order valence-corrected chi connectivity index (χ3v) is 7.45. The predicted octanol–water partition coefficient (Wildman–Crippen LogP) is 4.26. The lowest BCUT2D eigenvalue weighted by atomic mass is 9.97. The van der Waals surface area contributed by atoms with E-state index in [0.717, 1.165) is 68.5 Å².